The van der Waals surface area contributed by atoms with Gasteiger partial charge in [-0.2, -0.15) is 0 Å². The minimum atomic E-state index is 1.03. The second-order valence-electron chi connectivity index (χ2n) is 4.95. The molecule has 0 saturated carbocycles. The maximum absolute atomic E-state index is 4.04. The van der Waals surface area contributed by atoms with Gasteiger partial charge in [-0.1, -0.05) is 23.4 Å². The van der Waals surface area contributed by atoms with Gasteiger partial charge >= 0.3 is 0 Å². The molecule has 0 spiro atoms. The van der Waals surface area contributed by atoms with Gasteiger partial charge in [-0.15, -0.1) is 5.10 Å². The van der Waals surface area contributed by atoms with Gasteiger partial charge < -0.3 is 5.32 Å². The fourth-order valence-corrected chi connectivity index (χ4v) is 2.66. The Balaban J connectivity index is 1.77. The Morgan fingerprint density at radius 1 is 1.05 bits per heavy atom. The van der Waals surface area contributed by atoms with E-state index >= 15 is 0 Å². The van der Waals surface area contributed by atoms with Gasteiger partial charge in [-0.05, 0) is 47.4 Å². The van der Waals surface area contributed by atoms with E-state index in [4.69, 9.17) is 0 Å². The molecule has 0 unspecified atom stereocenters. The van der Waals surface area contributed by atoms with Gasteiger partial charge in [-0.3, -0.25) is 0 Å². The van der Waals surface area contributed by atoms with Gasteiger partial charge in [0.15, 0.2) is 0 Å². The monoisotopic (exact) mass is 262 g/mol. The van der Waals surface area contributed by atoms with Crippen molar-refractivity contribution in [2.24, 2.45) is 0 Å². The van der Waals surface area contributed by atoms with Gasteiger partial charge in [-0.25, -0.2) is 4.68 Å². The molecule has 1 aromatic heterocycles. The summed E-state index contributed by atoms with van der Waals surface area (Å²) >= 11 is 0. The van der Waals surface area contributed by atoms with E-state index < -0.39 is 0 Å². The first-order chi connectivity index (χ1) is 9.90. The first-order valence-corrected chi connectivity index (χ1v) is 6.74. The van der Waals surface area contributed by atoms with Crippen molar-refractivity contribution >= 4 is 5.69 Å². The Morgan fingerprint density at radius 3 is 2.90 bits per heavy atom. The molecular formula is C16H14N4. The molecule has 0 amide bonds. The lowest BCUT2D eigenvalue weighted by molar-refractivity contribution is 0.803. The summed E-state index contributed by atoms with van der Waals surface area (Å²) < 4.78 is 1.78. The lowest BCUT2D eigenvalue weighted by Gasteiger charge is -2.07. The van der Waals surface area contributed by atoms with Crippen LogP contribution in [0, 0.1) is 0 Å². The molecule has 20 heavy (non-hydrogen) atoms. The number of hydrogen-bond donors (Lipinski definition) is 1. The zero-order valence-corrected chi connectivity index (χ0v) is 11.0. The van der Waals surface area contributed by atoms with Crippen molar-refractivity contribution in [2.45, 2.75) is 6.42 Å². The number of benzene rings is 2. The minimum absolute atomic E-state index is 1.03. The molecule has 1 N–H and O–H groups in total. The lowest BCUT2D eigenvalue weighted by atomic mass is 10.0. The fraction of sp³-hybridized carbons (Fsp3) is 0.125. The third kappa shape index (κ3) is 1.86. The average molecular weight is 262 g/mol. The van der Waals surface area contributed by atoms with Crippen LogP contribution in [0.1, 0.15) is 5.56 Å². The molecule has 0 fully saturated rings. The van der Waals surface area contributed by atoms with Gasteiger partial charge in [0.25, 0.3) is 0 Å². The predicted octanol–water partition coefficient (Wildman–Crippen LogP) is 2.90. The molecule has 1 aliphatic rings. The Labute approximate surface area is 117 Å². The predicted molar refractivity (Wildman–Crippen MR) is 79.0 cm³/mol. The fourth-order valence-electron chi connectivity index (χ4n) is 2.66. The summed E-state index contributed by atoms with van der Waals surface area (Å²) in [7, 11) is 0. The molecule has 2 heterocycles. The Hall–Kier alpha value is -2.62. The minimum Gasteiger partial charge on any atom is -0.384 e. The standard InChI is InChI=1S/C16H14N4/c1-2-12(11-15(3-1)20-9-8-18-19-20)13-4-5-16-14(10-13)6-7-17-16/h1-5,8-11,17H,6-7H2. The van der Waals surface area contributed by atoms with Crippen LogP contribution in [-0.4, -0.2) is 21.5 Å². The van der Waals surface area contributed by atoms with Gasteiger partial charge in [0.1, 0.15) is 0 Å². The van der Waals surface area contributed by atoms with Crippen molar-refractivity contribution in [1.29, 1.82) is 0 Å². The summed E-state index contributed by atoms with van der Waals surface area (Å²) in [4.78, 5) is 0. The highest BCUT2D eigenvalue weighted by molar-refractivity contribution is 5.71. The number of hydrogen-bond acceptors (Lipinski definition) is 3. The van der Waals surface area contributed by atoms with E-state index in [1.807, 2.05) is 12.3 Å². The second-order valence-corrected chi connectivity index (χ2v) is 4.95. The van der Waals surface area contributed by atoms with Crippen LogP contribution in [0.4, 0.5) is 5.69 Å². The van der Waals surface area contributed by atoms with Crippen molar-refractivity contribution in [3.8, 4) is 16.8 Å². The third-order valence-electron chi connectivity index (χ3n) is 3.68. The molecule has 4 heteroatoms. The Morgan fingerprint density at radius 2 is 2.00 bits per heavy atom. The van der Waals surface area contributed by atoms with Gasteiger partial charge in [0.2, 0.25) is 0 Å². The normalized spacial score (nSPS) is 13.0. The van der Waals surface area contributed by atoms with E-state index in [0.717, 1.165) is 18.7 Å². The SMILES string of the molecule is c1cc(-c2ccc3c(c2)CCN3)cc(-n2ccnn2)c1. The molecule has 0 radical (unpaired) electrons. The van der Waals surface area contributed by atoms with Crippen molar-refractivity contribution in [3.05, 3.63) is 60.4 Å². The second kappa shape index (κ2) is 4.49. The highest BCUT2D eigenvalue weighted by atomic mass is 15.4. The molecule has 4 nitrogen and oxygen atoms in total. The Bertz CT molecular complexity index is 747. The molecule has 0 atom stereocenters. The first kappa shape index (κ1) is 11.2. The zero-order chi connectivity index (χ0) is 13.4. The van der Waals surface area contributed by atoms with Crippen LogP contribution < -0.4 is 5.32 Å². The zero-order valence-electron chi connectivity index (χ0n) is 11.0. The molecule has 3 aromatic rings. The number of rotatable bonds is 2. The molecule has 1 aliphatic heterocycles. The van der Waals surface area contributed by atoms with Crippen LogP contribution >= 0.6 is 0 Å². The van der Waals surface area contributed by atoms with Crippen LogP contribution in [-0.2, 0) is 6.42 Å². The van der Waals surface area contributed by atoms with Gasteiger partial charge in [0, 0.05) is 12.2 Å². The van der Waals surface area contributed by atoms with E-state index in [1.165, 1.54) is 22.4 Å². The Kier molecular flexibility index (Phi) is 2.52. The van der Waals surface area contributed by atoms with Crippen LogP contribution in [0.5, 0.6) is 0 Å². The molecular weight excluding hydrogens is 248 g/mol. The van der Waals surface area contributed by atoms with Crippen molar-refractivity contribution < 1.29 is 0 Å². The van der Waals surface area contributed by atoms with Gasteiger partial charge in [0.05, 0.1) is 18.1 Å². The summed E-state index contributed by atoms with van der Waals surface area (Å²) in [5, 5.41) is 11.3. The molecule has 0 aliphatic carbocycles. The topological polar surface area (TPSA) is 42.7 Å². The van der Waals surface area contributed by atoms with Crippen LogP contribution in [0.3, 0.4) is 0 Å². The summed E-state index contributed by atoms with van der Waals surface area (Å²) in [6.45, 7) is 1.04. The highest BCUT2D eigenvalue weighted by Crippen LogP contribution is 2.29. The van der Waals surface area contributed by atoms with E-state index in [1.54, 1.807) is 10.9 Å². The molecule has 2 aromatic carbocycles. The van der Waals surface area contributed by atoms with Crippen molar-refractivity contribution in [3.63, 3.8) is 0 Å². The molecule has 98 valence electrons. The number of aromatic nitrogens is 3. The number of nitrogens with zero attached hydrogens (tertiary/aromatic N) is 3. The van der Waals surface area contributed by atoms with Crippen molar-refractivity contribution in [1.82, 2.24) is 15.0 Å². The first-order valence-electron chi connectivity index (χ1n) is 6.74. The maximum Gasteiger partial charge on any atom is 0.0697 e. The number of nitrogens with one attached hydrogen (secondary N) is 1. The number of anilines is 1. The van der Waals surface area contributed by atoms with E-state index in [9.17, 15) is 0 Å². The summed E-state index contributed by atoms with van der Waals surface area (Å²) in [6, 6.07) is 15.0. The molecule has 4 rings (SSSR count). The molecule has 0 saturated heterocycles. The third-order valence-corrected chi connectivity index (χ3v) is 3.68. The lowest BCUT2D eigenvalue weighted by Crippen LogP contribution is -1.95. The summed E-state index contributed by atoms with van der Waals surface area (Å²) in [6.07, 6.45) is 4.64. The maximum atomic E-state index is 4.04. The molecule has 0 bridgehead atoms. The van der Waals surface area contributed by atoms with Crippen molar-refractivity contribution in [2.75, 3.05) is 11.9 Å². The van der Waals surface area contributed by atoms with Crippen LogP contribution in [0.25, 0.3) is 16.8 Å². The smallest absolute Gasteiger partial charge is 0.0697 e. The number of fused-ring (bicyclic) bond motifs is 1. The average Bonchev–Trinajstić information content (AvgIpc) is 3.18. The summed E-state index contributed by atoms with van der Waals surface area (Å²) in [5.74, 6) is 0. The summed E-state index contributed by atoms with van der Waals surface area (Å²) in [5.41, 5.74) is 6.13. The van der Waals surface area contributed by atoms with Crippen LogP contribution in [0.2, 0.25) is 0 Å². The quantitative estimate of drug-likeness (QED) is 0.772. The van der Waals surface area contributed by atoms with Crippen LogP contribution in [0.15, 0.2) is 54.9 Å². The van der Waals surface area contributed by atoms with E-state index in [0.29, 0.717) is 0 Å². The highest BCUT2D eigenvalue weighted by Gasteiger charge is 2.11. The largest absolute Gasteiger partial charge is 0.384 e. The van der Waals surface area contributed by atoms with E-state index in [-0.39, 0.29) is 0 Å². The van der Waals surface area contributed by atoms with E-state index in [2.05, 4.69) is 52.0 Å².